The van der Waals surface area contributed by atoms with Crippen molar-refractivity contribution in [1.29, 1.82) is 0 Å². The average Bonchev–Trinajstić information content (AvgIpc) is 2.37. The molecule has 0 amide bonds. The first-order valence-corrected chi connectivity index (χ1v) is 4.99. The molecule has 7 heteroatoms. The number of nitro benzene ring substituents is 1. The number of carbonyl (C=O) groups is 2. The molecule has 0 aliphatic rings. The molecular weight excluding hydrogens is 242 g/mol. The van der Waals surface area contributed by atoms with E-state index in [0.29, 0.717) is 0 Å². The van der Waals surface area contributed by atoms with Crippen LogP contribution in [0.15, 0.2) is 24.3 Å². The summed E-state index contributed by atoms with van der Waals surface area (Å²) in [6, 6.07) is 5.33. The van der Waals surface area contributed by atoms with Gasteiger partial charge in [-0.25, -0.2) is 9.59 Å². The van der Waals surface area contributed by atoms with Crippen LogP contribution in [0.25, 0.3) is 0 Å². The molecule has 0 unspecified atom stereocenters. The molecule has 0 spiro atoms. The molecule has 1 aromatic carbocycles. The van der Waals surface area contributed by atoms with E-state index in [1.807, 2.05) is 0 Å². The molecule has 7 nitrogen and oxygen atoms in total. The summed E-state index contributed by atoms with van der Waals surface area (Å²) in [7, 11) is 1.15. The summed E-state index contributed by atoms with van der Waals surface area (Å²) in [6.45, 7) is 1.32. The van der Waals surface area contributed by atoms with Gasteiger partial charge in [0.2, 0.25) is 0 Å². The van der Waals surface area contributed by atoms with E-state index in [2.05, 4.69) is 4.74 Å². The summed E-state index contributed by atoms with van der Waals surface area (Å²) in [5.74, 6) is -1.68. The van der Waals surface area contributed by atoms with Gasteiger partial charge >= 0.3 is 11.9 Å². The van der Waals surface area contributed by atoms with Crippen LogP contribution < -0.4 is 0 Å². The SMILES string of the molecule is COC(=O)[C@@H](C)OC(=O)c1ccccc1[N+](=O)[O-]. The van der Waals surface area contributed by atoms with Crippen LogP contribution >= 0.6 is 0 Å². The number of nitro groups is 1. The van der Waals surface area contributed by atoms with Gasteiger partial charge in [0.1, 0.15) is 5.56 Å². The molecular formula is C11H11NO6. The van der Waals surface area contributed by atoms with E-state index in [9.17, 15) is 19.7 Å². The normalized spacial score (nSPS) is 11.4. The van der Waals surface area contributed by atoms with Crippen molar-refractivity contribution in [2.24, 2.45) is 0 Å². The highest BCUT2D eigenvalue weighted by molar-refractivity contribution is 5.95. The fraction of sp³-hybridized carbons (Fsp3) is 0.273. The molecule has 0 saturated heterocycles. The number of benzene rings is 1. The van der Waals surface area contributed by atoms with Gasteiger partial charge < -0.3 is 9.47 Å². The number of carbonyl (C=O) groups excluding carboxylic acids is 2. The second-order valence-electron chi connectivity index (χ2n) is 3.34. The predicted molar refractivity (Wildman–Crippen MR) is 60.0 cm³/mol. The fourth-order valence-electron chi connectivity index (χ4n) is 1.24. The standard InChI is InChI=1S/C11H11NO6/c1-7(10(13)17-2)18-11(14)8-5-3-4-6-9(8)12(15)16/h3-7H,1-2H3/t7-/m1/s1. The average molecular weight is 253 g/mol. The maximum Gasteiger partial charge on any atom is 0.346 e. The third-order valence-corrected chi connectivity index (χ3v) is 2.14. The highest BCUT2D eigenvalue weighted by Crippen LogP contribution is 2.19. The molecule has 0 fully saturated rings. The van der Waals surface area contributed by atoms with E-state index in [0.717, 1.165) is 7.11 Å². The number of hydrogen-bond donors (Lipinski definition) is 0. The van der Waals surface area contributed by atoms with Gasteiger partial charge in [-0.2, -0.15) is 0 Å². The Labute approximate surface area is 102 Å². The van der Waals surface area contributed by atoms with Gasteiger partial charge in [0.05, 0.1) is 12.0 Å². The van der Waals surface area contributed by atoms with Crippen molar-refractivity contribution in [3.05, 3.63) is 39.9 Å². The third-order valence-electron chi connectivity index (χ3n) is 2.14. The number of esters is 2. The Morgan fingerprint density at radius 3 is 2.50 bits per heavy atom. The minimum atomic E-state index is -1.12. The molecule has 0 bridgehead atoms. The summed E-state index contributed by atoms with van der Waals surface area (Å²) in [4.78, 5) is 32.7. The van der Waals surface area contributed by atoms with Crippen molar-refractivity contribution in [3.63, 3.8) is 0 Å². The maximum absolute atomic E-state index is 11.7. The Morgan fingerprint density at radius 1 is 1.33 bits per heavy atom. The lowest BCUT2D eigenvalue weighted by molar-refractivity contribution is -0.385. The van der Waals surface area contributed by atoms with Gasteiger partial charge in [0.25, 0.3) is 5.69 Å². The molecule has 0 heterocycles. The Hall–Kier alpha value is -2.44. The number of rotatable bonds is 4. The molecule has 0 N–H and O–H groups in total. The van der Waals surface area contributed by atoms with Gasteiger partial charge in [-0.05, 0) is 13.0 Å². The lowest BCUT2D eigenvalue weighted by atomic mass is 10.2. The van der Waals surface area contributed by atoms with Crippen molar-refractivity contribution >= 4 is 17.6 Å². The smallest absolute Gasteiger partial charge is 0.346 e. The van der Waals surface area contributed by atoms with Crippen molar-refractivity contribution in [3.8, 4) is 0 Å². The van der Waals surface area contributed by atoms with Crippen molar-refractivity contribution in [1.82, 2.24) is 0 Å². The summed E-state index contributed by atoms with van der Waals surface area (Å²) >= 11 is 0. The van der Waals surface area contributed by atoms with Gasteiger partial charge in [-0.3, -0.25) is 10.1 Å². The Balaban J connectivity index is 2.91. The quantitative estimate of drug-likeness (QED) is 0.456. The molecule has 0 aromatic heterocycles. The second-order valence-corrected chi connectivity index (χ2v) is 3.34. The Bertz CT molecular complexity index is 484. The van der Waals surface area contributed by atoms with Gasteiger partial charge in [-0.1, -0.05) is 12.1 Å². The van der Waals surface area contributed by atoms with Crippen molar-refractivity contribution in [2.75, 3.05) is 7.11 Å². The molecule has 1 atom stereocenters. The van der Waals surface area contributed by atoms with Crippen LogP contribution in [-0.2, 0) is 14.3 Å². The molecule has 96 valence electrons. The largest absolute Gasteiger partial charge is 0.466 e. The third kappa shape index (κ3) is 3.03. The topological polar surface area (TPSA) is 95.7 Å². The van der Waals surface area contributed by atoms with Crippen LogP contribution in [0, 0.1) is 10.1 Å². The minimum absolute atomic E-state index is 0.210. The fourth-order valence-corrected chi connectivity index (χ4v) is 1.24. The first-order valence-electron chi connectivity index (χ1n) is 4.99. The zero-order valence-corrected chi connectivity index (χ0v) is 9.78. The lowest BCUT2D eigenvalue weighted by Gasteiger charge is -2.10. The zero-order chi connectivity index (χ0) is 13.7. The number of para-hydroxylation sites is 1. The van der Waals surface area contributed by atoms with E-state index in [-0.39, 0.29) is 11.3 Å². The van der Waals surface area contributed by atoms with E-state index >= 15 is 0 Å². The molecule has 18 heavy (non-hydrogen) atoms. The first kappa shape index (κ1) is 13.6. The number of hydrogen-bond acceptors (Lipinski definition) is 6. The molecule has 1 aromatic rings. The summed E-state index contributed by atoms with van der Waals surface area (Å²) in [5, 5.41) is 10.7. The summed E-state index contributed by atoms with van der Waals surface area (Å²) < 4.78 is 9.14. The highest BCUT2D eigenvalue weighted by Gasteiger charge is 2.24. The minimum Gasteiger partial charge on any atom is -0.466 e. The first-order chi connectivity index (χ1) is 8.47. The molecule has 1 rings (SSSR count). The van der Waals surface area contributed by atoms with E-state index in [1.54, 1.807) is 0 Å². The molecule has 0 saturated carbocycles. The lowest BCUT2D eigenvalue weighted by Crippen LogP contribution is -2.25. The van der Waals surface area contributed by atoms with Crippen LogP contribution in [-0.4, -0.2) is 30.1 Å². The zero-order valence-electron chi connectivity index (χ0n) is 9.78. The molecule has 0 radical (unpaired) electrons. The van der Waals surface area contributed by atoms with Crippen LogP contribution in [0.2, 0.25) is 0 Å². The Morgan fingerprint density at radius 2 is 1.94 bits per heavy atom. The van der Waals surface area contributed by atoms with E-state index < -0.39 is 23.0 Å². The van der Waals surface area contributed by atoms with Crippen LogP contribution in [0.3, 0.4) is 0 Å². The van der Waals surface area contributed by atoms with Crippen LogP contribution in [0.5, 0.6) is 0 Å². The van der Waals surface area contributed by atoms with Gasteiger partial charge in [-0.15, -0.1) is 0 Å². The van der Waals surface area contributed by atoms with E-state index in [4.69, 9.17) is 4.74 Å². The van der Waals surface area contributed by atoms with E-state index in [1.165, 1.54) is 31.2 Å². The Kier molecular flexibility index (Phi) is 4.36. The molecule has 0 aliphatic heterocycles. The summed E-state index contributed by atoms with van der Waals surface area (Å²) in [6.07, 6.45) is -1.12. The number of methoxy groups -OCH3 is 1. The molecule has 0 aliphatic carbocycles. The maximum atomic E-state index is 11.7. The van der Waals surface area contributed by atoms with Gasteiger partial charge in [0.15, 0.2) is 6.10 Å². The number of ether oxygens (including phenoxy) is 2. The number of nitrogens with zero attached hydrogens (tertiary/aromatic N) is 1. The van der Waals surface area contributed by atoms with Crippen molar-refractivity contribution in [2.45, 2.75) is 13.0 Å². The summed E-state index contributed by atoms with van der Waals surface area (Å²) in [5.41, 5.74) is -0.585. The van der Waals surface area contributed by atoms with Crippen molar-refractivity contribution < 1.29 is 24.0 Å². The highest BCUT2D eigenvalue weighted by atomic mass is 16.6. The predicted octanol–water partition coefficient (Wildman–Crippen LogP) is 1.31. The second kappa shape index (κ2) is 5.76. The monoisotopic (exact) mass is 253 g/mol. The van der Waals surface area contributed by atoms with Gasteiger partial charge in [0, 0.05) is 6.07 Å². The van der Waals surface area contributed by atoms with Crippen LogP contribution in [0.1, 0.15) is 17.3 Å². The van der Waals surface area contributed by atoms with Crippen LogP contribution in [0.4, 0.5) is 5.69 Å².